The van der Waals surface area contributed by atoms with E-state index in [1.807, 2.05) is 6.26 Å². The fraction of sp³-hybridized carbons (Fsp3) is 0.667. The Labute approximate surface area is 112 Å². The lowest BCUT2D eigenvalue weighted by molar-refractivity contribution is 0.0967. The molecule has 0 radical (unpaired) electrons. The Morgan fingerprint density at radius 1 is 1.39 bits per heavy atom. The van der Waals surface area contributed by atoms with E-state index in [-0.39, 0.29) is 6.10 Å². The van der Waals surface area contributed by atoms with Gasteiger partial charge in [-0.25, -0.2) is 10.8 Å². The van der Waals surface area contributed by atoms with Gasteiger partial charge < -0.3 is 10.2 Å². The molecule has 1 aliphatic rings. The third kappa shape index (κ3) is 3.26. The quantitative estimate of drug-likeness (QED) is 0.378. The van der Waals surface area contributed by atoms with Gasteiger partial charge in [-0.05, 0) is 31.4 Å². The Morgan fingerprint density at radius 2 is 2.17 bits per heavy atom. The van der Waals surface area contributed by atoms with Gasteiger partial charge in [-0.2, -0.15) is 4.98 Å². The standard InChI is InChI=1S/C12H20N4OS/c1-8-5-3-4-6-9(8)17-11-7-10(16-13)14-12(15-11)18-2/h7-9H,3-6,13H2,1-2H3,(H,14,15,16). The van der Waals surface area contributed by atoms with Crippen molar-refractivity contribution < 1.29 is 4.74 Å². The van der Waals surface area contributed by atoms with Gasteiger partial charge in [0, 0.05) is 6.07 Å². The molecular weight excluding hydrogens is 248 g/mol. The molecule has 2 rings (SSSR count). The molecule has 3 N–H and O–H groups in total. The van der Waals surface area contributed by atoms with Crippen molar-refractivity contribution in [3.05, 3.63) is 6.07 Å². The third-order valence-corrected chi connectivity index (χ3v) is 3.87. The second-order valence-corrected chi connectivity index (χ2v) is 5.41. The predicted octanol–water partition coefficient (Wildman–Crippen LogP) is 2.44. The summed E-state index contributed by atoms with van der Waals surface area (Å²) in [7, 11) is 0. The summed E-state index contributed by atoms with van der Waals surface area (Å²) in [6, 6.07) is 1.75. The van der Waals surface area contributed by atoms with Crippen LogP contribution >= 0.6 is 11.8 Å². The van der Waals surface area contributed by atoms with Gasteiger partial charge in [0.15, 0.2) is 5.16 Å². The molecule has 0 bridgehead atoms. The summed E-state index contributed by atoms with van der Waals surface area (Å²) in [5, 5.41) is 0.670. The molecule has 18 heavy (non-hydrogen) atoms. The van der Waals surface area contributed by atoms with Crippen molar-refractivity contribution in [1.29, 1.82) is 0 Å². The highest BCUT2D eigenvalue weighted by molar-refractivity contribution is 7.98. The topological polar surface area (TPSA) is 73.1 Å². The second kappa shape index (κ2) is 6.24. The number of anilines is 1. The van der Waals surface area contributed by atoms with Crippen LogP contribution in [0.5, 0.6) is 5.88 Å². The van der Waals surface area contributed by atoms with Gasteiger partial charge in [0.1, 0.15) is 11.9 Å². The van der Waals surface area contributed by atoms with Crippen LogP contribution in [0.4, 0.5) is 5.82 Å². The maximum atomic E-state index is 5.99. The molecule has 0 amide bonds. The highest BCUT2D eigenvalue weighted by Gasteiger charge is 2.23. The first-order valence-corrected chi connectivity index (χ1v) is 7.51. The van der Waals surface area contributed by atoms with Crippen molar-refractivity contribution in [3.63, 3.8) is 0 Å². The highest BCUT2D eigenvalue weighted by Crippen LogP contribution is 2.28. The zero-order valence-corrected chi connectivity index (χ0v) is 11.7. The summed E-state index contributed by atoms with van der Waals surface area (Å²) in [4.78, 5) is 8.58. The number of nitrogens with zero attached hydrogens (tertiary/aromatic N) is 2. The van der Waals surface area contributed by atoms with Gasteiger partial charge in [0.2, 0.25) is 5.88 Å². The summed E-state index contributed by atoms with van der Waals surface area (Å²) in [5.74, 6) is 7.18. The fourth-order valence-corrected chi connectivity index (χ4v) is 2.61. The molecule has 6 heteroatoms. The van der Waals surface area contributed by atoms with Crippen LogP contribution in [0.2, 0.25) is 0 Å². The van der Waals surface area contributed by atoms with Crippen molar-refractivity contribution in [3.8, 4) is 5.88 Å². The molecule has 100 valence electrons. The first-order valence-electron chi connectivity index (χ1n) is 6.29. The maximum Gasteiger partial charge on any atom is 0.219 e. The van der Waals surface area contributed by atoms with Crippen LogP contribution in [-0.2, 0) is 0 Å². The van der Waals surface area contributed by atoms with Crippen molar-refractivity contribution in [1.82, 2.24) is 9.97 Å². The number of aromatic nitrogens is 2. The number of hydrogen-bond donors (Lipinski definition) is 2. The smallest absolute Gasteiger partial charge is 0.219 e. The van der Waals surface area contributed by atoms with Gasteiger partial charge in [-0.3, -0.25) is 0 Å². The summed E-state index contributed by atoms with van der Waals surface area (Å²) < 4.78 is 5.99. The fourth-order valence-electron chi connectivity index (χ4n) is 2.24. The van der Waals surface area contributed by atoms with Crippen LogP contribution in [0.3, 0.4) is 0 Å². The van der Waals surface area contributed by atoms with Crippen molar-refractivity contribution >= 4 is 17.6 Å². The minimum Gasteiger partial charge on any atom is -0.474 e. The number of hydrogen-bond acceptors (Lipinski definition) is 6. The number of nitrogens with two attached hydrogens (primary N) is 1. The lowest BCUT2D eigenvalue weighted by Gasteiger charge is -2.28. The van der Waals surface area contributed by atoms with E-state index in [4.69, 9.17) is 10.6 Å². The Kier molecular flexibility index (Phi) is 4.66. The molecule has 0 aliphatic heterocycles. The van der Waals surface area contributed by atoms with E-state index in [0.717, 1.165) is 6.42 Å². The summed E-state index contributed by atoms with van der Waals surface area (Å²) in [6.07, 6.45) is 7.06. The molecule has 1 aliphatic carbocycles. The summed E-state index contributed by atoms with van der Waals surface area (Å²) in [5.41, 5.74) is 2.55. The number of hydrazine groups is 1. The Bertz CT molecular complexity index is 379. The summed E-state index contributed by atoms with van der Waals surface area (Å²) >= 11 is 1.48. The molecule has 1 fully saturated rings. The number of rotatable bonds is 4. The zero-order valence-electron chi connectivity index (χ0n) is 10.8. The highest BCUT2D eigenvalue weighted by atomic mass is 32.2. The molecule has 1 aromatic heterocycles. The number of nitrogens with one attached hydrogen (secondary N) is 1. The maximum absolute atomic E-state index is 5.99. The second-order valence-electron chi connectivity index (χ2n) is 4.64. The molecule has 2 atom stereocenters. The van der Waals surface area contributed by atoms with Crippen molar-refractivity contribution in [2.45, 2.75) is 43.9 Å². The SMILES string of the molecule is CSc1nc(NN)cc(OC2CCCCC2C)n1. The van der Waals surface area contributed by atoms with Crippen LogP contribution in [0.15, 0.2) is 11.2 Å². The van der Waals surface area contributed by atoms with E-state index < -0.39 is 0 Å². The zero-order chi connectivity index (χ0) is 13.0. The van der Waals surface area contributed by atoms with E-state index in [1.54, 1.807) is 6.07 Å². The van der Waals surface area contributed by atoms with Crippen LogP contribution in [0.25, 0.3) is 0 Å². The average Bonchev–Trinajstić information content (AvgIpc) is 2.41. The molecule has 0 spiro atoms. The van der Waals surface area contributed by atoms with Crippen LogP contribution in [0, 0.1) is 5.92 Å². The molecule has 1 saturated carbocycles. The Morgan fingerprint density at radius 3 is 2.83 bits per heavy atom. The Balaban J connectivity index is 2.12. The lowest BCUT2D eigenvalue weighted by atomic mass is 9.88. The van der Waals surface area contributed by atoms with Crippen molar-refractivity contribution in [2.24, 2.45) is 11.8 Å². The minimum atomic E-state index is 0.258. The van der Waals surface area contributed by atoms with E-state index >= 15 is 0 Å². The van der Waals surface area contributed by atoms with E-state index in [0.29, 0.717) is 22.8 Å². The van der Waals surface area contributed by atoms with Gasteiger partial charge in [0.25, 0.3) is 0 Å². The van der Waals surface area contributed by atoms with Crippen LogP contribution < -0.4 is 16.0 Å². The number of thioether (sulfide) groups is 1. The number of nitrogen functional groups attached to an aromatic ring is 1. The molecule has 0 saturated heterocycles. The van der Waals surface area contributed by atoms with E-state index in [9.17, 15) is 0 Å². The third-order valence-electron chi connectivity index (χ3n) is 3.32. The first kappa shape index (κ1) is 13.4. The van der Waals surface area contributed by atoms with Gasteiger partial charge >= 0.3 is 0 Å². The van der Waals surface area contributed by atoms with Gasteiger partial charge in [-0.1, -0.05) is 25.1 Å². The number of ether oxygens (including phenoxy) is 1. The van der Waals surface area contributed by atoms with Crippen LogP contribution in [-0.4, -0.2) is 22.3 Å². The normalized spacial score (nSPS) is 23.7. The molecule has 1 aromatic rings. The molecule has 1 heterocycles. The largest absolute Gasteiger partial charge is 0.474 e. The van der Waals surface area contributed by atoms with E-state index in [1.165, 1.54) is 31.0 Å². The molecule has 2 unspecified atom stereocenters. The van der Waals surface area contributed by atoms with Crippen molar-refractivity contribution in [2.75, 3.05) is 11.7 Å². The first-order chi connectivity index (χ1) is 8.72. The monoisotopic (exact) mass is 268 g/mol. The van der Waals surface area contributed by atoms with E-state index in [2.05, 4.69) is 22.3 Å². The lowest BCUT2D eigenvalue weighted by Crippen LogP contribution is -2.28. The van der Waals surface area contributed by atoms with Gasteiger partial charge in [0.05, 0.1) is 0 Å². The van der Waals surface area contributed by atoms with Gasteiger partial charge in [-0.15, -0.1) is 0 Å². The summed E-state index contributed by atoms with van der Waals surface area (Å²) in [6.45, 7) is 2.24. The Hall–Kier alpha value is -1.01. The minimum absolute atomic E-state index is 0.258. The average molecular weight is 268 g/mol. The van der Waals surface area contributed by atoms with Crippen LogP contribution in [0.1, 0.15) is 32.6 Å². The predicted molar refractivity (Wildman–Crippen MR) is 73.7 cm³/mol. The molecule has 5 nitrogen and oxygen atoms in total. The molecule has 0 aromatic carbocycles. The molecular formula is C12H20N4OS.